The van der Waals surface area contributed by atoms with Crippen molar-refractivity contribution < 1.29 is 17.9 Å². The predicted molar refractivity (Wildman–Crippen MR) is 67.6 cm³/mol. The fourth-order valence-corrected chi connectivity index (χ4v) is 2.65. The highest BCUT2D eigenvalue weighted by atomic mass is 19.4. The normalized spacial score (nSPS) is 17.6. The molecule has 0 aliphatic carbocycles. The number of aromatic nitrogens is 2. The van der Waals surface area contributed by atoms with Gasteiger partial charge in [-0.2, -0.15) is 5.10 Å². The Morgan fingerprint density at radius 2 is 1.95 bits per heavy atom. The van der Waals surface area contributed by atoms with Gasteiger partial charge in [0.15, 0.2) is 5.75 Å². The van der Waals surface area contributed by atoms with Crippen LogP contribution in [0.2, 0.25) is 0 Å². The molecule has 0 atom stereocenters. The number of piperidine rings is 1. The summed E-state index contributed by atoms with van der Waals surface area (Å²) in [4.78, 5) is 0. The van der Waals surface area contributed by atoms with Gasteiger partial charge in [0.1, 0.15) is 5.52 Å². The predicted octanol–water partition coefficient (Wildman–Crippen LogP) is 2.93. The van der Waals surface area contributed by atoms with Crippen LogP contribution < -0.4 is 10.1 Å². The Bertz CT molecular complexity index is 602. The van der Waals surface area contributed by atoms with Gasteiger partial charge in [0, 0.05) is 11.3 Å². The summed E-state index contributed by atoms with van der Waals surface area (Å²) in [6, 6.07) is 4.63. The van der Waals surface area contributed by atoms with E-state index in [9.17, 15) is 13.2 Å². The first-order valence-electron chi connectivity index (χ1n) is 6.48. The van der Waals surface area contributed by atoms with E-state index >= 15 is 0 Å². The van der Waals surface area contributed by atoms with E-state index in [1.54, 1.807) is 12.1 Å². The quantitative estimate of drug-likeness (QED) is 0.892. The molecule has 2 N–H and O–H groups in total. The molecule has 1 aromatic carbocycles. The molecule has 1 aliphatic rings. The van der Waals surface area contributed by atoms with E-state index in [0.29, 0.717) is 10.9 Å². The minimum Gasteiger partial charge on any atom is -0.403 e. The van der Waals surface area contributed by atoms with Gasteiger partial charge in [0.2, 0.25) is 0 Å². The Balaban J connectivity index is 1.98. The SMILES string of the molecule is FC(F)(F)Oc1cccc2c(C3CCNCC3)n[nH]c12. The average Bonchev–Trinajstić information content (AvgIpc) is 2.83. The van der Waals surface area contributed by atoms with Crippen molar-refractivity contribution in [2.75, 3.05) is 13.1 Å². The third-order valence-corrected chi connectivity index (χ3v) is 3.54. The number of ether oxygens (including phenoxy) is 1. The maximum absolute atomic E-state index is 12.4. The zero-order valence-corrected chi connectivity index (χ0v) is 10.6. The maximum atomic E-state index is 12.4. The van der Waals surface area contributed by atoms with Crippen LogP contribution in [0.1, 0.15) is 24.5 Å². The van der Waals surface area contributed by atoms with Crippen LogP contribution in [0.3, 0.4) is 0 Å². The van der Waals surface area contributed by atoms with Crippen molar-refractivity contribution in [3.63, 3.8) is 0 Å². The molecule has 7 heteroatoms. The summed E-state index contributed by atoms with van der Waals surface area (Å²) >= 11 is 0. The Morgan fingerprint density at radius 1 is 1.20 bits per heavy atom. The Labute approximate surface area is 113 Å². The third kappa shape index (κ3) is 2.58. The van der Waals surface area contributed by atoms with Gasteiger partial charge in [0.05, 0.1) is 5.69 Å². The number of nitrogens with one attached hydrogen (secondary N) is 2. The molecule has 2 heterocycles. The number of H-pyrrole nitrogens is 1. The summed E-state index contributed by atoms with van der Waals surface area (Å²) in [6.07, 6.45) is -2.83. The van der Waals surface area contributed by atoms with Gasteiger partial charge < -0.3 is 10.1 Å². The number of halogens is 3. The second kappa shape index (κ2) is 4.97. The molecular weight excluding hydrogens is 271 g/mol. The first-order chi connectivity index (χ1) is 9.54. The molecule has 1 aliphatic heterocycles. The van der Waals surface area contributed by atoms with Crippen LogP contribution in [-0.4, -0.2) is 29.6 Å². The zero-order chi connectivity index (χ0) is 14.2. The largest absolute Gasteiger partial charge is 0.573 e. The number of nitrogens with zero attached hydrogens (tertiary/aromatic N) is 1. The smallest absolute Gasteiger partial charge is 0.403 e. The van der Waals surface area contributed by atoms with Gasteiger partial charge in [-0.15, -0.1) is 13.2 Å². The molecule has 3 rings (SSSR count). The molecule has 0 spiro atoms. The fourth-order valence-electron chi connectivity index (χ4n) is 2.65. The maximum Gasteiger partial charge on any atom is 0.573 e. The molecule has 0 amide bonds. The average molecular weight is 285 g/mol. The Morgan fingerprint density at radius 3 is 2.65 bits per heavy atom. The van der Waals surface area contributed by atoms with Gasteiger partial charge in [-0.25, -0.2) is 0 Å². The van der Waals surface area contributed by atoms with Crippen LogP contribution >= 0.6 is 0 Å². The minimum atomic E-state index is -4.70. The molecule has 2 aromatic rings. The van der Waals surface area contributed by atoms with E-state index in [1.807, 2.05) is 0 Å². The lowest BCUT2D eigenvalue weighted by molar-refractivity contribution is -0.274. The van der Waals surface area contributed by atoms with E-state index in [1.165, 1.54) is 6.07 Å². The van der Waals surface area contributed by atoms with Crippen LogP contribution in [0.5, 0.6) is 5.75 Å². The second-order valence-electron chi connectivity index (χ2n) is 4.86. The standard InChI is InChI=1S/C13H14F3N3O/c14-13(15,16)20-10-3-1-2-9-11(18-19-12(9)10)8-4-6-17-7-5-8/h1-3,8,17H,4-7H2,(H,18,19). The first kappa shape index (κ1) is 13.2. The summed E-state index contributed by atoms with van der Waals surface area (Å²) in [7, 11) is 0. The molecule has 1 aromatic heterocycles. The van der Waals surface area contributed by atoms with Crippen molar-refractivity contribution in [3.05, 3.63) is 23.9 Å². The number of rotatable bonds is 2. The first-order valence-corrected chi connectivity index (χ1v) is 6.48. The van der Waals surface area contributed by atoms with Crippen LogP contribution in [0, 0.1) is 0 Å². The number of alkyl halides is 3. The molecule has 0 unspecified atom stereocenters. The summed E-state index contributed by atoms with van der Waals surface area (Å²) in [5.74, 6) is 0.0359. The van der Waals surface area contributed by atoms with Crippen molar-refractivity contribution in [3.8, 4) is 5.75 Å². The minimum absolute atomic E-state index is 0.234. The van der Waals surface area contributed by atoms with Gasteiger partial charge in [-0.05, 0) is 32.0 Å². The van der Waals surface area contributed by atoms with Crippen molar-refractivity contribution in [2.24, 2.45) is 0 Å². The summed E-state index contributed by atoms with van der Waals surface area (Å²) in [5, 5.41) is 10.9. The highest BCUT2D eigenvalue weighted by molar-refractivity contribution is 5.87. The lowest BCUT2D eigenvalue weighted by Gasteiger charge is -2.21. The van der Waals surface area contributed by atoms with Gasteiger partial charge >= 0.3 is 6.36 Å². The summed E-state index contributed by atoms with van der Waals surface area (Å²) < 4.78 is 41.1. The van der Waals surface area contributed by atoms with Crippen LogP contribution in [0.25, 0.3) is 10.9 Å². The molecule has 1 fully saturated rings. The molecule has 0 bridgehead atoms. The van der Waals surface area contributed by atoms with Crippen molar-refractivity contribution in [2.45, 2.75) is 25.1 Å². The number of aromatic amines is 1. The zero-order valence-electron chi connectivity index (χ0n) is 10.6. The molecule has 0 radical (unpaired) electrons. The topological polar surface area (TPSA) is 49.9 Å². The third-order valence-electron chi connectivity index (χ3n) is 3.54. The molecule has 20 heavy (non-hydrogen) atoms. The molecule has 1 saturated heterocycles. The summed E-state index contributed by atoms with van der Waals surface area (Å²) in [5.41, 5.74) is 1.13. The van der Waals surface area contributed by atoms with Crippen LogP contribution in [0.15, 0.2) is 18.2 Å². The Hall–Kier alpha value is -1.76. The molecule has 0 saturated carbocycles. The van der Waals surface area contributed by atoms with E-state index < -0.39 is 6.36 Å². The molecular formula is C13H14F3N3O. The van der Waals surface area contributed by atoms with E-state index in [2.05, 4.69) is 20.3 Å². The van der Waals surface area contributed by atoms with Crippen molar-refractivity contribution in [1.29, 1.82) is 0 Å². The molecule has 108 valence electrons. The number of fused-ring (bicyclic) bond motifs is 1. The number of benzene rings is 1. The monoisotopic (exact) mass is 285 g/mol. The van der Waals surface area contributed by atoms with E-state index in [0.717, 1.165) is 31.6 Å². The fraction of sp³-hybridized carbons (Fsp3) is 0.462. The van der Waals surface area contributed by atoms with Gasteiger partial charge in [-0.1, -0.05) is 12.1 Å². The van der Waals surface area contributed by atoms with Crippen molar-refractivity contribution >= 4 is 10.9 Å². The van der Waals surface area contributed by atoms with Crippen LogP contribution in [-0.2, 0) is 0 Å². The second-order valence-corrected chi connectivity index (χ2v) is 4.86. The summed E-state index contributed by atoms with van der Waals surface area (Å²) in [6.45, 7) is 1.80. The highest BCUT2D eigenvalue weighted by Gasteiger charge is 2.32. The van der Waals surface area contributed by atoms with Gasteiger partial charge in [0.25, 0.3) is 0 Å². The van der Waals surface area contributed by atoms with Gasteiger partial charge in [-0.3, -0.25) is 5.10 Å². The van der Waals surface area contributed by atoms with E-state index in [4.69, 9.17) is 0 Å². The highest BCUT2D eigenvalue weighted by Crippen LogP contribution is 2.35. The number of hydrogen-bond acceptors (Lipinski definition) is 3. The number of para-hydroxylation sites is 1. The lowest BCUT2D eigenvalue weighted by atomic mass is 9.92. The lowest BCUT2D eigenvalue weighted by Crippen LogP contribution is -2.26. The number of hydrogen-bond donors (Lipinski definition) is 2. The van der Waals surface area contributed by atoms with Crippen LogP contribution in [0.4, 0.5) is 13.2 Å². The molecule has 4 nitrogen and oxygen atoms in total. The van der Waals surface area contributed by atoms with Crippen molar-refractivity contribution in [1.82, 2.24) is 15.5 Å². The Kier molecular flexibility index (Phi) is 3.29. The van der Waals surface area contributed by atoms with E-state index in [-0.39, 0.29) is 11.7 Å².